The predicted octanol–water partition coefficient (Wildman–Crippen LogP) is 3.96. The Kier molecular flexibility index (Phi) is 6.55. The Bertz CT molecular complexity index is 607. The second kappa shape index (κ2) is 7.69. The van der Waals surface area contributed by atoms with Crippen LogP contribution in [-0.2, 0) is 19.9 Å². The van der Waals surface area contributed by atoms with E-state index in [-0.39, 0.29) is 0 Å². The van der Waals surface area contributed by atoms with Gasteiger partial charge in [-0.2, -0.15) is 5.10 Å². The van der Waals surface area contributed by atoms with E-state index in [1.54, 1.807) is 11.8 Å². The highest BCUT2D eigenvalue weighted by atomic mass is 32.2. The van der Waals surface area contributed by atoms with Crippen molar-refractivity contribution in [2.75, 3.05) is 6.26 Å². The van der Waals surface area contributed by atoms with Crippen molar-refractivity contribution in [3.63, 3.8) is 0 Å². The summed E-state index contributed by atoms with van der Waals surface area (Å²) in [5, 5.41) is 11.4. The van der Waals surface area contributed by atoms with Crippen LogP contribution in [0.1, 0.15) is 36.4 Å². The summed E-state index contributed by atoms with van der Waals surface area (Å²) in [4.78, 5) is 0. The number of aryl methyl sites for hydroxylation is 2. The number of thioether (sulfide) groups is 1. The molecule has 0 atom stereocenters. The third kappa shape index (κ3) is 3.76. The monoisotopic (exact) mass is 312 g/mol. The van der Waals surface area contributed by atoms with Crippen LogP contribution in [0, 0.1) is 18.5 Å². The highest BCUT2D eigenvalue weighted by molar-refractivity contribution is 7.98. The van der Waals surface area contributed by atoms with Crippen LogP contribution in [0.4, 0.5) is 0 Å². The summed E-state index contributed by atoms with van der Waals surface area (Å²) >= 11 is 6.67. The van der Waals surface area contributed by atoms with Gasteiger partial charge in [0.2, 0.25) is 0 Å². The summed E-state index contributed by atoms with van der Waals surface area (Å²) in [6.45, 7) is 8.42. The van der Waals surface area contributed by atoms with Gasteiger partial charge in [0.05, 0.1) is 0 Å². The standard InChI is InChI=1S/C8H14N2S.C6H10N2S/c1-5-7-6(2)8(11-4)9-10(7)3;1-3-5-4(2)6(9)8-7-5/h5H2,1-4H3;3H2,1-2H3,(H2,7,8,9). The van der Waals surface area contributed by atoms with E-state index in [1.165, 1.54) is 22.5 Å². The molecule has 0 spiro atoms. The largest absolute Gasteiger partial charge is 0.304 e. The van der Waals surface area contributed by atoms with Gasteiger partial charge in [0.25, 0.3) is 0 Å². The Labute approximate surface area is 130 Å². The third-order valence-corrected chi connectivity index (χ3v) is 4.57. The van der Waals surface area contributed by atoms with E-state index in [9.17, 15) is 0 Å². The molecule has 0 bridgehead atoms. The van der Waals surface area contributed by atoms with Crippen molar-refractivity contribution in [1.29, 1.82) is 0 Å². The van der Waals surface area contributed by atoms with Gasteiger partial charge in [0.15, 0.2) is 0 Å². The van der Waals surface area contributed by atoms with Crippen LogP contribution in [0.5, 0.6) is 0 Å². The van der Waals surface area contributed by atoms with Crippen LogP contribution in [0.3, 0.4) is 0 Å². The van der Waals surface area contributed by atoms with Crippen molar-refractivity contribution < 1.29 is 0 Å². The van der Waals surface area contributed by atoms with E-state index < -0.39 is 0 Å². The first kappa shape index (κ1) is 17.0. The topological polar surface area (TPSA) is 49.4 Å². The minimum Gasteiger partial charge on any atom is -0.304 e. The van der Waals surface area contributed by atoms with E-state index in [0.717, 1.165) is 22.5 Å². The molecule has 112 valence electrons. The SMILES string of the molecule is CCc1[nH][nH]c(=S)c1C.CCc1c(C)c(SC)nn1C. The van der Waals surface area contributed by atoms with Crippen molar-refractivity contribution in [3.05, 3.63) is 27.2 Å². The summed E-state index contributed by atoms with van der Waals surface area (Å²) in [6, 6.07) is 0. The summed E-state index contributed by atoms with van der Waals surface area (Å²) in [5.41, 5.74) is 5.06. The Balaban J connectivity index is 0.000000204. The number of nitrogens with one attached hydrogen (secondary N) is 2. The molecule has 0 saturated heterocycles. The van der Waals surface area contributed by atoms with Crippen molar-refractivity contribution in [1.82, 2.24) is 20.0 Å². The van der Waals surface area contributed by atoms with Gasteiger partial charge >= 0.3 is 0 Å². The maximum atomic E-state index is 4.95. The molecule has 2 rings (SSSR count). The molecule has 0 radical (unpaired) electrons. The van der Waals surface area contributed by atoms with Crippen LogP contribution in [0.15, 0.2) is 5.03 Å². The van der Waals surface area contributed by atoms with Gasteiger partial charge in [0, 0.05) is 29.6 Å². The van der Waals surface area contributed by atoms with Crippen molar-refractivity contribution in [3.8, 4) is 0 Å². The molecule has 0 unspecified atom stereocenters. The quantitative estimate of drug-likeness (QED) is 0.666. The molecule has 0 amide bonds. The number of hydrogen-bond donors (Lipinski definition) is 2. The second-order valence-electron chi connectivity index (χ2n) is 4.59. The molecule has 0 aromatic carbocycles. The van der Waals surface area contributed by atoms with E-state index in [2.05, 4.69) is 42.3 Å². The fourth-order valence-electron chi connectivity index (χ4n) is 2.14. The maximum absolute atomic E-state index is 4.95. The number of aromatic amines is 2. The van der Waals surface area contributed by atoms with E-state index >= 15 is 0 Å². The molecule has 0 fully saturated rings. The predicted molar refractivity (Wildman–Crippen MR) is 89.2 cm³/mol. The zero-order chi connectivity index (χ0) is 15.3. The molecule has 2 aromatic heterocycles. The van der Waals surface area contributed by atoms with Crippen LogP contribution in [0.2, 0.25) is 0 Å². The van der Waals surface area contributed by atoms with E-state index in [1.807, 2.05) is 18.7 Å². The van der Waals surface area contributed by atoms with Crippen molar-refractivity contribution in [2.45, 2.75) is 45.6 Å². The first-order valence-corrected chi connectivity index (χ1v) is 8.42. The van der Waals surface area contributed by atoms with E-state index in [4.69, 9.17) is 12.2 Å². The zero-order valence-electron chi connectivity index (χ0n) is 13.1. The van der Waals surface area contributed by atoms with Crippen LogP contribution >= 0.6 is 24.0 Å². The van der Waals surface area contributed by atoms with Gasteiger partial charge < -0.3 is 5.10 Å². The van der Waals surface area contributed by atoms with Gasteiger partial charge in [-0.05, 0) is 32.9 Å². The maximum Gasteiger partial charge on any atom is 0.122 e. The number of H-pyrrole nitrogens is 2. The third-order valence-electron chi connectivity index (χ3n) is 3.39. The van der Waals surface area contributed by atoms with Gasteiger partial charge in [-0.15, -0.1) is 11.8 Å². The molecule has 2 N–H and O–H groups in total. The van der Waals surface area contributed by atoms with Gasteiger partial charge in [-0.1, -0.05) is 26.1 Å². The molecular weight excluding hydrogens is 288 g/mol. The minimum atomic E-state index is 0.826. The molecule has 6 heteroatoms. The molecule has 4 nitrogen and oxygen atoms in total. The van der Waals surface area contributed by atoms with E-state index in [0.29, 0.717) is 0 Å². The normalized spacial score (nSPS) is 10.3. The Morgan fingerprint density at radius 1 is 1.15 bits per heavy atom. The summed E-state index contributed by atoms with van der Waals surface area (Å²) in [6.07, 6.45) is 4.14. The zero-order valence-corrected chi connectivity index (χ0v) is 14.8. The minimum absolute atomic E-state index is 0.826. The average molecular weight is 313 g/mol. The average Bonchev–Trinajstić information content (AvgIpc) is 2.91. The van der Waals surface area contributed by atoms with Crippen molar-refractivity contribution in [2.24, 2.45) is 7.05 Å². The van der Waals surface area contributed by atoms with Gasteiger partial charge in [-0.25, -0.2) is 0 Å². The van der Waals surface area contributed by atoms with Crippen LogP contribution in [-0.4, -0.2) is 26.2 Å². The fraction of sp³-hybridized carbons (Fsp3) is 0.571. The fourth-order valence-corrected chi connectivity index (χ4v) is 2.94. The second-order valence-corrected chi connectivity index (χ2v) is 5.80. The number of rotatable bonds is 3. The number of aromatic nitrogens is 4. The lowest BCUT2D eigenvalue weighted by Gasteiger charge is -1.96. The molecule has 20 heavy (non-hydrogen) atoms. The number of nitrogens with zero attached hydrogens (tertiary/aromatic N) is 2. The molecule has 0 aliphatic heterocycles. The van der Waals surface area contributed by atoms with Crippen LogP contribution in [0.25, 0.3) is 0 Å². The first-order chi connectivity index (χ1) is 9.46. The highest BCUT2D eigenvalue weighted by Crippen LogP contribution is 2.20. The summed E-state index contributed by atoms with van der Waals surface area (Å²) < 4.78 is 2.80. The Morgan fingerprint density at radius 3 is 2.05 bits per heavy atom. The molecular formula is C14H24N4S2. The molecule has 0 aliphatic carbocycles. The Hall–Kier alpha value is -1.01. The molecule has 0 saturated carbocycles. The molecule has 2 aromatic rings. The number of hydrogen-bond acceptors (Lipinski definition) is 3. The molecule has 0 aliphatic rings. The smallest absolute Gasteiger partial charge is 0.122 e. The highest BCUT2D eigenvalue weighted by Gasteiger charge is 2.08. The summed E-state index contributed by atoms with van der Waals surface area (Å²) in [5.74, 6) is 0. The first-order valence-electron chi connectivity index (χ1n) is 6.78. The molecule has 2 heterocycles. The summed E-state index contributed by atoms with van der Waals surface area (Å²) in [7, 11) is 2.01. The lowest BCUT2D eigenvalue weighted by atomic mass is 10.2. The van der Waals surface area contributed by atoms with Crippen molar-refractivity contribution >= 4 is 24.0 Å². The van der Waals surface area contributed by atoms with Crippen LogP contribution < -0.4 is 0 Å². The Morgan fingerprint density at radius 2 is 1.80 bits per heavy atom. The lowest BCUT2D eigenvalue weighted by molar-refractivity contribution is 0.698. The van der Waals surface area contributed by atoms with Gasteiger partial charge in [-0.3, -0.25) is 9.78 Å². The lowest BCUT2D eigenvalue weighted by Crippen LogP contribution is -1.96. The van der Waals surface area contributed by atoms with Gasteiger partial charge in [0.1, 0.15) is 9.67 Å².